The van der Waals surface area contributed by atoms with Gasteiger partial charge in [0.1, 0.15) is 0 Å². The minimum Gasteiger partial charge on any atom is -0.466 e. The number of hydrogen-bond acceptors (Lipinski definition) is 4. The summed E-state index contributed by atoms with van der Waals surface area (Å²) in [4.78, 5) is 12.1. The predicted octanol–water partition coefficient (Wildman–Crippen LogP) is 2.51. The second kappa shape index (κ2) is 6.31. The molecule has 0 aliphatic rings. The fraction of sp³-hybridized carbons (Fsp3) is 0.385. The zero-order chi connectivity index (χ0) is 12.8. The molecule has 0 saturated carbocycles. The van der Waals surface area contributed by atoms with E-state index in [1.807, 2.05) is 6.92 Å². The van der Waals surface area contributed by atoms with Crippen LogP contribution in [0.4, 0.5) is 0 Å². The van der Waals surface area contributed by atoms with Crippen molar-refractivity contribution in [1.82, 2.24) is 0 Å². The standard InChI is InChI=1S/C13H15NO2S/c1-3-11-10(8-14)6-5-9(13(11)17)7-12(15)16-4-2/h5-6,17H,3-4,7H2,1-2H3. The number of hydrogen-bond donors (Lipinski definition) is 1. The number of thiol groups is 1. The third-order valence-corrected chi connectivity index (χ3v) is 3.04. The molecule has 17 heavy (non-hydrogen) atoms. The van der Waals surface area contributed by atoms with Crippen molar-refractivity contribution in [2.24, 2.45) is 0 Å². The van der Waals surface area contributed by atoms with Gasteiger partial charge in [0, 0.05) is 4.90 Å². The summed E-state index contributed by atoms with van der Waals surface area (Å²) < 4.78 is 4.89. The van der Waals surface area contributed by atoms with Gasteiger partial charge in [-0.3, -0.25) is 4.79 Å². The molecule has 0 aromatic heterocycles. The van der Waals surface area contributed by atoms with E-state index in [-0.39, 0.29) is 12.4 Å². The third-order valence-electron chi connectivity index (χ3n) is 2.48. The summed E-state index contributed by atoms with van der Waals surface area (Å²) in [6.07, 6.45) is 0.920. The first-order valence-electron chi connectivity index (χ1n) is 5.53. The van der Waals surface area contributed by atoms with Gasteiger partial charge < -0.3 is 4.74 Å². The maximum atomic E-state index is 11.4. The number of nitriles is 1. The predicted molar refractivity (Wildman–Crippen MR) is 68.1 cm³/mol. The Kier molecular flexibility index (Phi) is 5.05. The molecule has 0 aliphatic heterocycles. The lowest BCUT2D eigenvalue weighted by Gasteiger charge is -2.10. The molecule has 0 saturated heterocycles. The molecule has 0 spiro atoms. The molecule has 0 amide bonds. The van der Waals surface area contributed by atoms with Crippen LogP contribution in [0.25, 0.3) is 0 Å². The SMILES string of the molecule is CCOC(=O)Cc1ccc(C#N)c(CC)c1S. The largest absolute Gasteiger partial charge is 0.466 e. The summed E-state index contributed by atoms with van der Waals surface area (Å²) in [6.45, 7) is 4.11. The molecule has 0 bridgehead atoms. The van der Waals surface area contributed by atoms with Crippen molar-refractivity contribution in [3.63, 3.8) is 0 Å². The molecular weight excluding hydrogens is 234 g/mol. The summed E-state index contributed by atoms with van der Waals surface area (Å²) in [6, 6.07) is 5.62. The summed E-state index contributed by atoms with van der Waals surface area (Å²) in [5.74, 6) is -0.269. The Bertz CT molecular complexity index is 463. The summed E-state index contributed by atoms with van der Waals surface area (Å²) in [5.41, 5.74) is 2.31. The van der Waals surface area contributed by atoms with Crippen LogP contribution in [0.2, 0.25) is 0 Å². The van der Waals surface area contributed by atoms with Crippen LogP contribution >= 0.6 is 12.6 Å². The lowest BCUT2D eigenvalue weighted by Crippen LogP contribution is -2.09. The molecule has 0 fully saturated rings. The van der Waals surface area contributed by atoms with Gasteiger partial charge in [0.2, 0.25) is 0 Å². The average Bonchev–Trinajstić information content (AvgIpc) is 2.31. The molecule has 0 radical (unpaired) electrons. The van der Waals surface area contributed by atoms with E-state index in [1.165, 1.54) is 0 Å². The number of carbonyl (C=O) groups is 1. The molecule has 4 heteroatoms. The van der Waals surface area contributed by atoms with E-state index in [0.29, 0.717) is 12.2 Å². The van der Waals surface area contributed by atoms with E-state index >= 15 is 0 Å². The Morgan fingerprint density at radius 1 is 1.47 bits per heavy atom. The van der Waals surface area contributed by atoms with Crippen LogP contribution in [-0.2, 0) is 22.4 Å². The van der Waals surface area contributed by atoms with Gasteiger partial charge in [-0.15, -0.1) is 12.6 Å². The smallest absolute Gasteiger partial charge is 0.310 e. The van der Waals surface area contributed by atoms with Crippen LogP contribution in [0.3, 0.4) is 0 Å². The quantitative estimate of drug-likeness (QED) is 0.659. The highest BCUT2D eigenvalue weighted by Crippen LogP contribution is 2.24. The zero-order valence-electron chi connectivity index (χ0n) is 9.99. The van der Waals surface area contributed by atoms with Crippen LogP contribution in [-0.4, -0.2) is 12.6 Å². The van der Waals surface area contributed by atoms with Crippen LogP contribution in [0.1, 0.15) is 30.5 Å². The van der Waals surface area contributed by atoms with Gasteiger partial charge in [0.25, 0.3) is 0 Å². The highest BCUT2D eigenvalue weighted by molar-refractivity contribution is 7.80. The Balaban J connectivity index is 3.03. The lowest BCUT2D eigenvalue weighted by atomic mass is 10.0. The first kappa shape index (κ1) is 13.6. The van der Waals surface area contributed by atoms with Crippen molar-refractivity contribution in [2.75, 3.05) is 6.61 Å². The molecular formula is C13H15NO2S. The van der Waals surface area contributed by atoms with Gasteiger partial charge >= 0.3 is 5.97 Å². The Morgan fingerprint density at radius 2 is 2.18 bits per heavy atom. The Hall–Kier alpha value is -1.47. The molecule has 0 N–H and O–H groups in total. The third kappa shape index (κ3) is 3.24. The summed E-state index contributed by atoms with van der Waals surface area (Å²) in [5, 5.41) is 8.96. The van der Waals surface area contributed by atoms with Gasteiger partial charge in [0.15, 0.2) is 0 Å². The van der Waals surface area contributed by atoms with Gasteiger partial charge in [-0.1, -0.05) is 13.0 Å². The molecule has 0 aliphatic carbocycles. The fourth-order valence-corrected chi connectivity index (χ4v) is 2.09. The van der Waals surface area contributed by atoms with Gasteiger partial charge in [-0.25, -0.2) is 0 Å². The number of carbonyl (C=O) groups excluding carboxylic acids is 1. The molecule has 3 nitrogen and oxygen atoms in total. The Labute approximate surface area is 107 Å². The van der Waals surface area contributed by atoms with E-state index < -0.39 is 0 Å². The molecule has 1 rings (SSSR count). The number of rotatable bonds is 4. The minimum atomic E-state index is -0.269. The van der Waals surface area contributed by atoms with Gasteiger partial charge in [-0.2, -0.15) is 5.26 Å². The van der Waals surface area contributed by atoms with Crippen molar-refractivity contribution in [2.45, 2.75) is 31.6 Å². The van der Waals surface area contributed by atoms with Crippen LogP contribution in [0.15, 0.2) is 17.0 Å². The zero-order valence-corrected chi connectivity index (χ0v) is 10.9. The topological polar surface area (TPSA) is 50.1 Å². The van der Waals surface area contributed by atoms with E-state index in [2.05, 4.69) is 18.7 Å². The van der Waals surface area contributed by atoms with Gasteiger partial charge in [0.05, 0.1) is 24.7 Å². The van der Waals surface area contributed by atoms with Crippen LogP contribution in [0, 0.1) is 11.3 Å². The lowest BCUT2D eigenvalue weighted by molar-refractivity contribution is -0.142. The van der Waals surface area contributed by atoms with E-state index in [4.69, 9.17) is 10.00 Å². The first-order chi connectivity index (χ1) is 8.13. The molecule has 1 aromatic rings. The first-order valence-corrected chi connectivity index (χ1v) is 5.98. The maximum absolute atomic E-state index is 11.4. The summed E-state index contributed by atoms with van der Waals surface area (Å²) in [7, 11) is 0. The Morgan fingerprint density at radius 3 is 2.71 bits per heavy atom. The number of esters is 1. The molecule has 0 atom stereocenters. The molecule has 0 heterocycles. The number of nitrogens with zero attached hydrogens (tertiary/aromatic N) is 1. The molecule has 1 aromatic carbocycles. The van der Waals surface area contributed by atoms with Crippen molar-refractivity contribution in [3.05, 3.63) is 28.8 Å². The average molecular weight is 249 g/mol. The molecule has 90 valence electrons. The minimum absolute atomic E-state index is 0.200. The normalized spacial score (nSPS) is 9.76. The highest BCUT2D eigenvalue weighted by atomic mass is 32.1. The number of benzene rings is 1. The second-order valence-corrected chi connectivity index (χ2v) is 3.99. The number of ether oxygens (including phenoxy) is 1. The van der Waals surface area contributed by atoms with E-state index in [9.17, 15) is 4.79 Å². The van der Waals surface area contributed by atoms with Crippen molar-refractivity contribution in [3.8, 4) is 6.07 Å². The maximum Gasteiger partial charge on any atom is 0.310 e. The van der Waals surface area contributed by atoms with Crippen molar-refractivity contribution in [1.29, 1.82) is 5.26 Å². The second-order valence-electron chi connectivity index (χ2n) is 3.55. The molecule has 0 unspecified atom stereocenters. The van der Waals surface area contributed by atoms with Crippen molar-refractivity contribution >= 4 is 18.6 Å². The monoisotopic (exact) mass is 249 g/mol. The summed E-state index contributed by atoms with van der Waals surface area (Å²) >= 11 is 4.40. The van der Waals surface area contributed by atoms with Crippen molar-refractivity contribution < 1.29 is 9.53 Å². The van der Waals surface area contributed by atoms with Gasteiger partial charge in [-0.05, 0) is 30.5 Å². The van der Waals surface area contributed by atoms with E-state index in [1.54, 1.807) is 19.1 Å². The van der Waals surface area contributed by atoms with Crippen LogP contribution < -0.4 is 0 Å². The van der Waals surface area contributed by atoms with Crippen LogP contribution in [0.5, 0.6) is 0 Å². The fourth-order valence-electron chi connectivity index (χ4n) is 1.66. The van der Waals surface area contributed by atoms with E-state index in [0.717, 1.165) is 22.4 Å². The highest BCUT2D eigenvalue weighted by Gasteiger charge is 2.12.